The fourth-order valence-electron chi connectivity index (χ4n) is 1.97. The third-order valence-electron chi connectivity index (χ3n) is 2.58. The Labute approximate surface area is 93.2 Å². The SMILES string of the molecule is Nc1cc(Br)cc(CN2CCCC2)c1. The van der Waals surface area contributed by atoms with E-state index in [9.17, 15) is 0 Å². The van der Waals surface area contributed by atoms with Gasteiger partial charge in [-0.25, -0.2) is 0 Å². The number of nitrogen functional groups attached to an aromatic ring is 1. The van der Waals surface area contributed by atoms with E-state index in [4.69, 9.17) is 5.73 Å². The van der Waals surface area contributed by atoms with Crippen LogP contribution in [0.5, 0.6) is 0 Å². The molecule has 0 aromatic heterocycles. The van der Waals surface area contributed by atoms with Gasteiger partial charge in [-0.05, 0) is 49.7 Å². The Bertz CT molecular complexity index is 299. The second-order valence-corrected chi connectivity index (χ2v) is 4.79. The highest BCUT2D eigenvalue weighted by Crippen LogP contribution is 2.20. The monoisotopic (exact) mass is 254 g/mol. The van der Waals surface area contributed by atoms with E-state index in [1.165, 1.54) is 31.5 Å². The van der Waals surface area contributed by atoms with E-state index in [1.807, 2.05) is 6.07 Å². The van der Waals surface area contributed by atoms with Crippen LogP contribution in [0.3, 0.4) is 0 Å². The molecule has 0 spiro atoms. The number of anilines is 1. The summed E-state index contributed by atoms with van der Waals surface area (Å²) in [5.74, 6) is 0. The molecule has 1 aliphatic rings. The van der Waals surface area contributed by atoms with Crippen LogP contribution >= 0.6 is 15.9 Å². The van der Waals surface area contributed by atoms with Gasteiger partial charge in [-0.1, -0.05) is 15.9 Å². The molecule has 0 atom stereocenters. The van der Waals surface area contributed by atoms with Crippen LogP contribution in [0.2, 0.25) is 0 Å². The van der Waals surface area contributed by atoms with Gasteiger partial charge < -0.3 is 5.73 Å². The second-order valence-electron chi connectivity index (χ2n) is 3.88. The Kier molecular flexibility index (Phi) is 3.08. The van der Waals surface area contributed by atoms with E-state index in [0.717, 1.165) is 16.7 Å². The first-order chi connectivity index (χ1) is 6.74. The molecule has 76 valence electrons. The topological polar surface area (TPSA) is 29.3 Å². The van der Waals surface area contributed by atoms with Crippen LogP contribution in [0.15, 0.2) is 22.7 Å². The van der Waals surface area contributed by atoms with Crippen molar-refractivity contribution in [2.75, 3.05) is 18.8 Å². The third-order valence-corrected chi connectivity index (χ3v) is 3.04. The highest BCUT2D eigenvalue weighted by molar-refractivity contribution is 9.10. The molecule has 0 bridgehead atoms. The first-order valence-electron chi connectivity index (χ1n) is 5.01. The Morgan fingerprint density at radius 2 is 1.93 bits per heavy atom. The number of hydrogen-bond acceptors (Lipinski definition) is 2. The summed E-state index contributed by atoms with van der Waals surface area (Å²) in [6.45, 7) is 3.49. The minimum Gasteiger partial charge on any atom is -0.399 e. The molecule has 2 nitrogen and oxygen atoms in total. The molecule has 0 amide bonds. The van der Waals surface area contributed by atoms with Gasteiger partial charge in [-0.2, -0.15) is 0 Å². The lowest BCUT2D eigenvalue weighted by molar-refractivity contribution is 0.331. The molecule has 14 heavy (non-hydrogen) atoms. The van der Waals surface area contributed by atoms with Crippen LogP contribution in [-0.4, -0.2) is 18.0 Å². The number of hydrogen-bond donors (Lipinski definition) is 1. The van der Waals surface area contributed by atoms with E-state index >= 15 is 0 Å². The number of halogens is 1. The van der Waals surface area contributed by atoms with Crippen molar-refractivity contribution in [1.82, 2.24) is 4.90 Å². The summed E-state index contributed by atoms with van der Waals surface area (Å²) in [5, 5.41) is 0. The minimum absolute atomic E-state index is 0.841. The third kappa shape index (κ3) is 2.49. The van der Waals surface area contributed by atoms with E-state index in [1.54, 1.807) is 0 Å². The number of nitrogens with two attached hydrogens (primary N) is 1. The van der Waals surface area contributed by atoms with Crippen molar-refractivity contribution in [2.24, 2.45) is 0 Å². The summed E-state index contributed by atoms with van der Waals surface area (Å²) < 4.78 is 1.08. The maximum absolute atomic E-state index is 5.79. The molecule has 1 aliphatic heterocycles. The molecule has 1 aromatic rings. The largest absolute Gasteiger partial charge is 0.399 e. The van der Waals surface area contributed by atoms with Crippen molar-refractivity contribution < 1.29 is 0 Å². The van der Waals surface area contributed by atoms with Gasteiger partial charge in [0.05, 0.1) is 0 Å². The summed E-state index contributed by atoms with van der Waals surface area (Å²) in [6, 6.07) is 6.14. The molecule has 2 rings (SSSR count). The van der Waals surface area contributed by atoms with Crippen LogP contribution < -0.4 is 5.73 Å². The van der Waals surface area contributed by atoms with Crippen molar-refractivity contribution in [3.8, 4) is 0 Å². The van der Waals surface area contributed by atoms with Gasteiger partial charge in [0.2, 0.25) is 0 Å². The van der Waals surface area contributed by atoms with Gasteiger partial charge in [0, 0.05) is 16.7 Å². The summed E-state index contributed by atoms with van der Waals surface area (Å²) in [5.41, 5.74) is 7.93. The van der Waals surface area contributed by atoms with Crippen molar-refractivity contribution in [2.45, 2.75) is 19.4 Å². The van der Waals surface area contributed by atoms with E-state index in [2.05, 4.69) is 33.0 Å². The average molecular weight is 255 g/mol. The number of likely N-dealkylation sites (tertiary alicyclic amines) is 1. The highest BCUT2D eigenvalue weighted by atomic mass is 79.9. The molecular formula is C11H15BrN2. The summed E-state index contributed by atoms with van der Waals surface area (Å²) >= 11 is 3.46. The molecule has 3 heteroatoms. The lowest BCUT2D eigenvalue weighted by atomic mass is 10.2. The van der Waals surface area contributed by atoms with Gasteiger partial charge in [0.1, 0.15) is 0 Å². The number of benzene rings is 1. The van der Waals surface area contributed by atoms with Gasteiger partial charge >= 0.3 is 0 Å². The Morgan fingerprint density at radius 1 is 1.21 bits per heavy atom. The molecule has 1 saturated heterocycles. The van der Waals surface area contributed by atoms with E-state index < -0.39 is 0 Å². The zero-order valence-corrected chi connectivity index (χ0v) is 9.76. The van der Waals surface area contributed by atoms with E-state index in [-0.39, 0.29) is 0 Å². The maximum atomic E-state index is 5.79. The zero-order valence-electron chi connectivity index (χ0n) is 8.17. The molecule has 0 radical (unpaired) electrons. The second kappa shape index (κ2) is 4.32. The molecule has 0 aliphatic carbocycles. The van der Waals surface area contributed by atoms with Crippen LogP contribution in [-0.2, 0) is 6.54 Å². The molecule has 2 N–H and O–H groups in total. The molecule has 0 saturated carbocycles. The van der Waals surface area contributed by atoms with Crippen LogP contribution in [0.4, 0.5) is 5.69 Å². The standard InChI is InChI=1S/C11H15BrN2/c12-10-5-9(6-11(13)7-10)8-14-3-1-2-4-14/h5-7H,1-4,8,13H2. The van der Waals surface area contributed by atoms with Crippen molar-refractivity contribution in [3.63, 3.8) is 0 Å². The Hall–Kier alpha value is -0.540. The summed E-state index contributed by atoms with van der Waals surface area (Å²) in [6.07, 6.45) is 2.67. The van der Waals surface area contributed by atoms with Gasteiger partial charge in [0.25, 0.3) is 0 Å². The van der Waals surface area contributed by atoms with Crippen LogP contribution in [0.25, 0.3) is 0 Å². The Balaban J connectivity index is 2.07. The zero-order chi connectivity index (χ0) is 9.97. The first-order valence-corrected chi connectivity index (χ1v) is 5.80. The Morgan fingerprint density at radius 3 is 2.57 bits per heavy atom. The van der Waals surface area contributed by atoms with Crippen molar-refractivity contribution in [1.29, 1.82) is 0 Å². The lowest BCUT2D eigenvalue weighted by Gasteiger charge is -2.14. The average Bonchev–Trinajstić information content (AvgIpc) is 2.54. The summed E-state index contributed by atoms with van der Waals surface area (Å²) in [4.78, 5) is 2.47. The normalized spacial score (nSPS) is 17.5. The predicted molar refractivity (Wildman–Crippen MR) is 63.1 cm³/mol. The fourth-order valence-corrected chi connectivity index (χ4v) is 2.52. The maximum Gasteiger partial charge on any atom is 0.0328 e. The summed E-state index contributed by atoms with van der Waals surface area (Å²) in [7, 11) is 0. The number of rotatable bonds is 2. The lowest BCUT2D eigenvalue weighted by Crippen LogP contribution is -2.18. The number of nitrogens with zero attached hydrogens (tertiary/aromatic N) is 1. The molecule has 0 unspecified atom stereocenters. The fraction of sp³-hybridized carbons (Fsp3) is 0.455. The predicted octanol–water partition coefficient (Wildman–Crippen LogP) is 2.63. The van der Waals surface area contributed by atoms with Gasteiger partial charge in [-0.15, -0.1) is 0 Å². The van der Waals surface area contributed by atoms with Crippen molar-refractivity contribution in [3.05, 3.63) is 28.2 Å². The van der Waals surface area contributed by atoms with Crippen molar-refractivity contribution >= 4 is 21.6 Å². The quantitative estimate of drug-likeness (QED) is 0.823. The molecular weight excluding hydrogens is 240 g/mol. The minimum atomic E-state index is 0.841. The molecule has 1 fully saturated rings. The van der Waals surface area contributed by atoms with Crippen LogP contribution in [0, 0.1) is 0 Å². The highest BCUT2D eigenvalue weighted by Gasteiger charge is 2.11. The van der Waals surface area contributed by atoms with Crippen LogP contribution in [0.1, 0.15) is 18.4 Å². The smallest absolute Gasteiger partial charge is 0.0328 e. The van der Waals surface area contributed by atoms with Gasteiger partial charge in [0.15, 0.2) is 0 Å². The van der Waals surface area contributed by atoms with E-state index in [0.29, 0.717) is 0 Å². The molecule has 1 heterocycles. The first kappa shape index (κ1) is 9.99. The van der Waals surface area contributed by atoms with Gasteiger partial charge in [-0.3, -0.25) is 4.90 Å². The molecule has 1 aromatic carbocycles.